The zero-order valence-corrected chi connectivity index (χ0v) is 14.2. The number of nitrogens with zero attached hydrogens (tertiary/aromatic N) is 1. The van der Waals surface area contributed by atoms with Crippen molar-refractivity contribution in [1.29, 1.82) is 0 Å². The van der Waals surface area contributed by atoms with Gasteiger partial charge in [-0.25, -0.2) is 4.79 Å². The number of hydrogen-bond acceptors (Lipinski definition) is 3. The van der Waals surface area contributed by atoms with Gasteiger partial charge in [-0.3, -0.25) is 4.57 Å². The van der Waals surface area contributed by atoms with Crippen LogP contribution in [0.2, 0.25) is 0 Å². The van der Waals surface area contributed by atoms with Crippen LogP contribution in [0, 0.1) is 0 Å². The minimum atomic E-state index is -0.345. The minimum absolute atomic E-state index is 0.0277. The normalized spacial score (nSPS) is 11.1. The van der Waals surface area contributed by atoms with E-state index in [2.05, 4.69) is 4.98 Å². The van der Waals surface area contributed by atoms with Gasteiger partial charge in [-0.2, -0.15) is 0 Å². The summed E-state index contributed by atoms with van der Waals surface area (Å²) in [5.74, 6) is -0.188. The Kier molecular flexibility index (Phi) is 3.77. The predicted molar refractivity (Wildman–Crippen MR) is 102 cm³/mol. The lowest BCUT2D eigenvalue weighted by molar-refractivity contribution is 0.450. The van der Waals surface area contributed by atoms with Gasteiger partial charge >= 0.3 is 5.69 Å². The van der Waals surface area contributed by atoms with Crippen LogP contribution in [0.1, 0.15) is 12.5 Å². The second-order valence-corrected chi connectivity index (χ2v) is 6.15. The molecule has 0 aliphatic rings. The molecule has 4 aromatic rings. The van der Waals surface area contributed by atoms with Crippen LogP contribution in [-0.2, 0) is 6.42 Å². The molecule has 0 aliphatic heterocycles. The summed E-state index contributed by atoms with van der Waals surface area (Å²) < 4.78 is 1.42. The topological polar surface area (TPSA) is 78.2 Å². The maximum absolute atomic E-state index is 12.5. The number of para-hydroxylation sites is 2. The lowest BCUT2D eigenvalue weighted by Crippen LogP contribution is -2.14. The van der Waals surface area contributed by atoms with Crippen molar-refractivity contribution in [3.63, 3.8) is 0 Å². The summed E-state index contributed by atoms with van der Waals surface area (Å²) in [5, 5.41) is 20.8. The Morgan fingerprint density at radius 3 is 2.46 bits per heavy atom. The molecule has 1 heterocycles. The van der Waals surface area contributed by atoms with E-state index in [4.69, 9.17) is 0 Å². The van der Waals surface area contributed by atoms with Crippen LogP contribution >= 0.6 is 0 Å². The summed E-state index contributed by atoms with van der Waals surface area (Å²) >= 11 is 0. The molecule has 0 spiro atoms. The van der Waals surface area contributed by atoms with Crippen LogP contribution in [0.25, 0.3) is 27.8 Å². The molecule has 1 aromatic heterocycles. The quantitative estimate of drug-likeness (QED) is 0.525. The number of imidazole rings is 1. The van der Waals surface area contributed by atoms with Gasteiger partial charge in [-0.1, -0.05) is 43.3 Å². The van der Waals surface area contributed by atoms with Crippen LogP contribution in [-0.4, -0.2) is 19.8 Å². The fraction of sp³-hybridized carbons (Fsp3) is 0.0952. The third-order valence-electron chi connectivity index (χ3n) is 4.61. The molecule has 0 amide bonds. The van der Waals surface area contributed by atoms with Gasteiger partial charge in [0.2, 0.25) is 0 Å². The van der Waals surface area contributed by atoms with Gasteiger partial charge in [0.1, 0.15) is 11.5 Å². The summed E-state index contributed by atoms with van der Waals surface area (Å²) in [5.41, 5.74) is 3.85. The van der Waals surface area contributed by atoms with Crippen molar-refractivity contribution in [3.8, 4) is 28.3 Å². The molecule has 0 saturated heterocycles. The average molecular weight is 346 g/mol. The molecule has 0 fully saturated rings. The van der Waals surface area contributed by atoms with Gasteiger partial charge < -0.3 is 15.2 Å². The van der Waals surface area contributed by atoms with Crippen molar-refractivity contribution in [1.82, 2.24) is 9.55 Å². The number of aromatic nitrogens is 2. The third-order valence-corrected chi connectivity index (χ3v) is 4.61. The van der Waals surface area contributed by atoms with E-state index in [-0.39, 0.29) is 17.2 Å². The lowest BCUT2D eigenvalue weighted by atomic mass is 9.96. The molecule has 0 radical (unpaired) electrons. The largest absolute Gasteiger partial charge is 0.507 e. The number of aryl methyl sites for hydroxylation is 1. The number of aromatic amines is 1. The van der Waals surface area contributed by atoms with E-state index >= 15 is 0 Å². The highest BCUT2D eigenvalue weighted by Gasteiger charge is 2.17. The molecule has 3 N–H and O–H groups in total. The first-order valence-electron chi connectivity index (χ1n) is 8.44. The molecule has 4 rings (SSSR count). The van der Waals surface area contributed by atoms with E-state index in [0.29, 0.717) is 22.3 Å². The Hall–Kier alpha value is -3.47. The second-order valence-electron chi connectivity index (χ2n) is 6.15. The Labute approximate surface area is 149 Å². The van der Waals surface area contributed by atoms with E-state index < -0.39 is 0 Å². The second kappa shape index (κ2) is 6.11. The Morgan fingerprint density at radius 2 is 1.65 bits per heavy atom. The molecule has 5 heteroatoms. The van der Waals surface area contributed by atoms with Crippen molar-refractivity contribution < 1.29 is 10.2 Å². The van der Waals surface area contributed by atoms with Crippen LogP contribution in [0.15, 0.2) is 65.5 Å². The van der Waals surface area contributed by atoms with Crippen molar-refractivity contribution in [2.45, 2.75) is 13.3 Å². The monoisotopic (exact) mass is 346 g/mol. The Bertz CT molecular complexity index is 1170. The molecule has 0 atom stereocenters. The number of hydrogen-bond donors (Lipinski definition) is 3. The Morgan fingerprint density at radius 1 is 0.923 bits per heavy atom. The number of H-pyrrole nitrogens is 1. The van der Waals surface area contributed by atoms with Gasteiger partial charge in [-0.15, -0.1) is 0 Å². The molecule has 0 bridgehead atoms. The van der Waals surface area contributed by atoms with Crippen molar-refractivity contribution >= 4 is 11.0 Å². The number of aromatic hydroxyl groups is 2. The zero-order valence-electron chi connectivity index (χ0n) is 14.2. The summed E-state index contributed by atoms with van der Waals surface area (Å²) in [6, 6.07) is 18.0. The maximum Gasteiger partial charge on any atom is 0.331 e. The highest BCUT2D eigenvalue weighted by atomic mass is 16.3. The molecule has 3 aromatic carbocycles. The van der Waals surface area contributed by atoms with Crippen LogP contribution in [0.5, 0.6) is 11.5 Å². The first-order valence-corrected chi connectivity index (χ1v) is 8.44. The summed E-state index contributed by atoms with van der Waals surface area (Å²) in [7, 11) is 0. The molecule has 26 heavy (non-hydrogen) atoms. The van der Waals surface area contributed by atoms with Gasteiger partial charge in [-0.05, 0) is 35.7 Å². The molecule has 0 aliphatic carbocycles. The van der Waals surface area contributed by atoms with Gasteiger partial charge in [0.15, 0.2) is 0 Å². The van der Waals surface area contributed by atoms with Crippen LogP contribution in [0.3, 0.4) is 0 Å². The highest BCUT2D eigenvalue weighted by molar-refractivity contribution is 5.81. The summed E-state index contributed by atoms with van der Waals surface area (Å²) in [6.45, 7) is 2.04. The smallest absolute Gasteiger partial charge is 0.331 e. The molecule has 0 unspecified atom stereocenters. The zero-order chi connectivity index (χ0) is 18.3. The van der Waals surface area contributed by atoms with Crippen molar-refractivity contribution in [2.75, 3.05) is 0 Å². The number of phenols is 2. The number of nitrogens with one attached hydrogen (secondary N) is 1. The predicted octanol–water partition coefficient (Wildman–Crippen LogP) is 3.96. The lowest BCUT2D eigenvalue weighted by Gasteiger charge is -2.14. The molecule has 130 valence electrons. The van der Waals surface area contributed by atoms with E-state index in [0.717, 1.165) is 17.5 Å². The van der Waals surface area contributed by atoms with Gasteiger partial charge in [0, 0.05) is 11.6 Å². The van der Waals surface area contributed by atoms with Gasteiger partial charge in [0.05, 0.1) is 16.7 Å². The van der Waals surface area contributed by atoms with E-state index in [1.807, 2.05) is 43.3 Å². The van der Waals surface area contributed by atoms with Crippen molar-refractivity contribution in [2.24, 2.45) is 0 Å². The fourth-order valence-electron chi connectivity index (χ4n) is 3.35. The number of fused-ring (bicyclic) bond motifs is 1. The maximum atomic E-state index is 12.5. The average Bonchev–Trinajstić information content (AvgIpc) is 2.98. The van der Waals surface area contributed by atoms with E-state index in [1.165, 1.54) is 10.6 Å². The first-order chi connectivity index (χ1) is 12.6. The molecular weight excluding hydrogens is 328 g/mol. The van der Waals surface area contributed by atoms with Crippen LogP contribution < -0.4 is 5.69 Å². The number of benzene rings is 3. The standard InChI is InChI=1S/C21H18N2O3/c1-2-13-7-3-4-8-14(13)15-11-18(20(25)12-19(15)24)23-17-10-6-5-9-16(17)22-21(23)26/h3-12,24-25H,2H2,1H3,(H,22,26). The highest BCUT2D eigenvalue weighted by Crippen LogP contribution is 2.38. The molecular formula is C21H18N2O3. The number of rotatable bonds is 3. The number of phenolic OH excluding ortho intramolecular Hbond substituents is 2. The SMILES string of the molecule is CCc1ccccc1-c1cc(-n2c(=O)[nH]c3ccccc32)c(O)cc1O. The molecule has 0 saturated carbocycles. The fourth-order valence-corrected chi connectivity index (χ4v) is 3.35. The van der Waals surface area contributed by atoms with Crippen molar-refractivity contribution in [3.05, 3.63) is 76.7 Å². The minimum Gasteiger partial charge on any atom is -0.507 e. The first kappa shape index (κ1) is 16.0. The van der Waals surface area contributed by atoms with Gasteiger partial charge in [0.25, 0.3) is 0 Å². The summed E-state index contributed by atoms with van der Waals surface area (Å²) in [4.78, 5) is 15.3. The van der Waals surface area contributed by atoms with E-state index in [1.54, 1.807) is 18.2 Å². The summed E-state index contributed by atoms with van der Waals surface area (Å²) in [6.07, 6.45) is 0.804. The molecule has 5 nitrogen and oxygen atoms in total. The van der Waals surface area contributed by atoms with Crippen LogP contribution in [0.4, 0.5) is 0 Å². The van der Waals surface area contributed by atoms with E-state index in [9.17, 15) is 15.0 Å². The Balaban J connectivity index is 2.02. The third kappa shape index (κ3) is 2.45.